The van der Waals surface area contributed by atoms with Gasteiger partial charge in [-0.15, -0.1) is 22.7 Å². The summed E-state index contributed by atoms with van der Waals surface area (Å²) in [4.78, 5) is 2.75. The molecule has 92 valence electrons. The summed E-state index contributed by atoms with van der Waals surface area (Å²) in [5, 5.41) is 7.78. The van der Waals surface area contributed by atoms with Crippen molar-refractivity contribution in [2.75, 3.05) is 20.3 Å². The van der Waals surface area contributed by atoms with Crippen molar-refractivity contribution in [1.29, 1.82) is 0 Å². The maximum Gasteiger partial charge on any atom is 0.0474 e. The molecule has 0 fully saturated rings. The molecule has 0 saturated heterocycles. The fraction of sp³-hybridized carbons (Fsp3) is 0.385. The second-order valence-electron chi connectivity index (χ2n) is 3.80. The average Bonchev–Trinajstić information content (AvgIpc) is 2.99. The zero-order valence-corrected chi connectivity index (χ0v) is 11.6. The third-order valence-electron chi connectivity index (χ3n) is 2.46. The minimum absolute atomic E-state index is 0.831. The molecule has 1 N–H and O–H groups in total. The second kappa shape index (κ2) is 6.91. The highest BCUT2D eigenvalue weighted by molar-refractivity contribution is 7.14. The Hall–Kier alpha value is -0.680. The second-order valence-corrected chi connectivity index (χ2v) is 5.75. The van der Waals surface area contributed by atoms with Gasteiger partial charge in [-0.05, 0) is 35.9 Å². The van der Waals surface area contributed by atoms with Crippen LogP contribution in [-0.4, -0.2) is 20.3 Å². The van der Waals surface area contributed by atoms with Crippen LogP contribution in [0, 0.1) is 0 Å². The molecule has 2 heterocycles. The molecule has 2 aromatic rings. The van der Waals surface area contributed by atoms with E-state index in [2.05, 4.69) is 34.3 Å². The summed E-state index contributed by atoms with van der Waals surface area (Å²) < 4.78 is 5.01. The minimum atomic E-state index is 0.831. The maximum atomic E-state index is 5.01. The van der Waals surface area contributed by atoms with Crippen LogP contribution in [0.25, 0.3) is 10.4 Å². The summed E-state index contributed by atoms with van der Waals surface area (Å²) in [5.41, 5.74) is 1.35. The first kappa shape index (κ1) is 12.8. The van der Waals surface area contributed by atoms with E-state index in [4.69, 9.17) is 4.74 Å². The highest BCUT2D eigenvalue weighted by atomic mass is 32.1. The van der Waals surface area contributed by atoms with Crippen LogP contribution in [0.15, 0.2) is 29.0 Å². The average molecular weight is 267 g/mol. The monoisotopic (exact) mass is 267 g/mol. The predicted molar refractivity (Wildman–Crippen MR) is 75.8 cm³/mol. The van der Waals surface area contributed by atoms with Crippen LogP contribution in [0.4, 0.5) is 0 Å². The summed E-state index contributed by atoms with van der Waals surface area (Å²) in [6.07, 6.45) is 1.07. The Morgan fingerprint density at radius 2 is 2.29 bits per heavy atom. The van der Waals surface area contributed by atoms with Gasteiger partial charge in [0.25, 0.3) is 0 Å². The van der Waals surface area contributed by atoms with Gasteiger partial charge >= 0.3 is 0 Å². The Bertz CT molecular complexity index is 422. The molecular formula is C13H17NOS2. The lowest BCUT2D eigenvalue weighted by Gasteiger charge is -2.01. The largest absolute Gasteiger partial charge is 0.385 e. The van der Waals surface area contributed by atoms with Crippen LogP contribution >= 0.6 is 22.7 Å². The lowest BCUT2D eigenvalue weighted by atomic mass is 10.2. The number of methoxy groups -OCH3 is 1. The van der Waals surface area contributed by atoms with Crippen LogP contribution < -0.4 is 5.32 Å². The molecular weight excluding hydrogens is 250 g/mol. The van der Waals surface area contributed by atoms with E-state index in [1.807, 2.05) is 11.3 Å². The van der Waals surface area contributed by atoms with Gasteiger partial charge in [-0.2, -0.15) is 0 Å². The number of thiophene rings is 2. The van der Waals surface area contributed by atoms with Crippen LogP contribution in [-0.2, 0) is 11.3 Å². The maximum absolute atomic E-state index is 5.01. The van der Waals surface area contributed by atoms with Gasteiger partial charge in [-0.25, -0.2) is 0 Å². The molecule has 0 aromatic carbocycles. The molecule has 0 bridgehead atoms. The van der Waals surface area contributed by atoms with E-state index in [1.54, 1.807) is 18.4 Å². The highest BCUT2D eigenvalue weighted by Crippen LogP contribution is 2.29. The Kier molecular flexibility index (Phi) is 5.19. The number of hydrogen-bond acceptors (Lipinski definition) is 4. The van der Waals surface area contributed by atoms with Crippen LogP contribution in [0.1, 0.15) is 11.3 Å². The smallest absolute Gasteiger partial charge is 0.0474 e. The van der Waals surface area contributed by atoms with Gasteiger partial charge in [0.2, 0.25) is 0 Å². The molecule has 0 unspecified atom stereocenters. The molecule has 2 aromatic heterocycles. The minimum Gasteiger partial charge on any atom is -0.385 e. The summed E-state index contributed by atoms with van der Waals surface area (Å²) >= 11 is 3.62. The molecule has 0 saturated carbocycles. The first-order valence-corrected chi connectivity index (χ1v) is 7.47. The van der Waals surface area contributed by atoms with E-state index in [-0.39, 0.29) is 0 Å². The van der Waals surface area contributed by atoms with Gasteiger partial charge < -0.3 is 10.1 Å². The SMILES string of the molecule is COCCCNCc1cc(-c2cccs2)cs1. The van der Waals surface area contributed by atoms with E-state index < -0.39 is 0 Å². The van der Waals surface area contributed by atoms with Gasteiger partial charge in [-0.1, -0.05) is 6.07 Å². The molecule has 2 nitrogen and oxygen atoms in total. The van der Waals surface area contributed by atoms with Gasteiger partial charge in [0.05, 0.1) is 0 Å². The predicted octanol–water partition coefficient (Wildman–Crippen LogP) is 3.60. The van der Waals surface area contributed by atoms with E-state index in [9.17, 15) is 0 Å². The van der Waals surface area contributed by atoms with Crippen molar-refractivity contribution in [2.24, 2.45) is 0 Å². The van der Waals surface area contributed by atoms with Gasteiger partial charge in [0.1, 0.15) is 0 Å². The lowest BCUT2D eigenvalue weighted by molar-refractivity contribution is 0.194. The summed E-state index contributed by atoms with van der Waals surface area (Å²) in [6, 6.07) is 6.54. The number of ether oxygens (including phenoxy) is 1. The van der Waals surface area contributed by atoms with Crippen LogP contribution in [0.3, 0.4) is 0 Å². The lowest BCUT2D eigenvalue weighted by Crippen LogP contribution is -2.15. The van der Waals surface area contributed by atoms with Crippen molar-refractivity contribution >= 4 is 22.7 Å². The summed E-state index contributed by atoms with van der Waals surface area (Å²) in [6.45, 7) is 2.80. The molecule has 0 atom stereocenters. The summed E-state index contributed by atoms with van der Waals surface area (Å²) in [5.74, 6) is 0. The topological polar surface area (TPSA) is 21.3 Å². The molecule has 0 aliphatic rings. The Balaban J connectivity index is 1.79. The molecule has 0 aliphatic heterocycles. The number of nitrogens with one attached hydrogen (secondary N) is 1. The van der Waals surface area contributed by atoms with Gasteiger partial charge in [0, 0.05) is 35.6 Å². The molecule has 0 radical (unpaired) electrons. The fourth-order valence-electron chi connectivity index (χ4n) is 1.60. The zero-order valence-electron chi connectivity index (χ0n) is 9.94. The van der Waals surface area contributed by atoms with Crippen molar-refractivity contribution in [3.63, 3.8) is 0 Å². The number of rotatable bonds is 7. The third-order valence-corrected chi connectivity index (χ3v) is 4.32. The quantitative estimate of drug-likeness (QED) is 0.774. The van der Waals surface area contributed by atoms with E-state index in [0.29, 0.717) is 0 Å². The third kappa shape index (κ3) is 3.92. The Morgan fingerprint density at radius 1 is 1.35 bits per heavy atom. The molecule has 0 spiro atoms. The van der Waals surface area contributed by atoms with Crippen LogP contribution in [0.5, 0.6) is 0 Å². The van der Waals surface area contributed by atoms with Crippen molar-refractivity contribution < 1.29 is 4.74 Å². The molecule has 0 amide bonds. The normalized spacial score (nSPS) is 10.9. The number of hydrogen-bond donors (Lipinski definition) is 1. The fourth-order valence-corrected chi connectivity index (χ4v) is 3.24. The molecule has 0 aliphatic carbocycles. The molecule has 2 rings (SSSR count). The first-order valence-electron chi connectivity index (χ1n) is 5.71. The Labute approximate surface area is 110 Å². The first-order chi connectivity index (χ1) is 8.40. The highest BCUT2D eigenvalue weighted by Gasteiger charge is 2.02. The molecule has 4 heteroatoms. The van der Waals surface area contributed by atoms with Crippen molar-refractivity contribution in [3.05, 3.63) is 33.8 Å². The van der Waals surface area contributed by atoms with Gasteiger partial charge in [0.15, 0.2) is 0 Å². The van der Waals surface area contributed by atoms with Crippen molar-refractivity contribution in [3.8, 4) is 10.4 Å². The van der Waals surface area contributed by atoms with E-state index in [1.165, 1.54) is 15.3 Å². The molecule has 17 heavy (non-hydrogen) atoms. The van der Waals surface area contributed by atoms with Crippen molar-refractivity contribution in [2.45, 2.75) is 13.0 Å². The zero-order chi connectivity index (χ0) is 11.9. The summed E-state index contributed by atoms with van der Waals surface area (Å²) in [7, 11) is 1.74. The van der Waals surface area contributed by atoms with Crippen LogP contribution in [0.2, 0.25) is 0 Å². The van der Waals surface area contributed by atoms with Gasteiger partial charge in [-0.3, -0.25) is 0 Å². The Morgan fingerprint density at radius 3 is 3.06 bits per heavy atom. The van der Waals surface area contributed by atoms with Crippen molar-refractivity contribution in [1.82, 2.24) is 5.32 Å². The van der Waals surface area contributed by atoms with E-state index >= 15 is 0 Å². The van der Waals surface area contributed by atoms with E-state index in [0.717, 1.165) is 26.1 Å². The standard InChI is InChI=1S/C13H17NOS2/c1-15-6-3-5-14-9-12-8-11(10-17-12)13-4-2-7-16-13/h2,4,7-8,10,14H,3,5-6,9H2,1H3.